The van der Waals surface area contributed by atoms with Gasteiger partial charge in [-0.25, -0.2) is 19.5 Å². The lowest BCUT2D eigenvalue weighted by Crippen LogP contribution is -2.39. The molecule has 3 heterocycles. The smallest absolute Gasteiger partial charge is 0.433 e. The minimum absolute atomic E-state index is 0.0257. The highest BCUT2D eigenvalue weighted by atomic mass is 19.4. The van der Waals surface area contributed by atoms with Crippen LogP contribution in [0.25, 0.3) is 0 Å². The van der Waals surface area contributed by atoms with Gasteiger partial charge in [0.1, 0.15) is 23.9 Å². The lowest BCUT2D eigenvalue weighted by molar-refractivity contribution is -0.141. The van der Waals surface area contributed by atoms with E-state index >= 15 is 0 Å². The van der Waals surface area contributed by atoms with Crippen LogP contribution >= 0.6 is 0 Å². The lowest BCUT2D eigenvalue weighted by atomic mass is 10.1. The van der Waals surface area contributed by atoms with E-state index in [4.69, 9.17) is 24.4 Å². The molecule has 0 aliphatic carbocycles. The maximum absolute atomic E-state index is 13.0. The van der Waals surface area contributed by atoms with E-state index in [9.17, 15) is 22.8 Å². The van der Waals surface area contributed by atoms with Gasteiger partial charge in [0.2, 0.25) is 5.88 Å². The van der Waals surface area contributed by atoms with Gasteiger partial charge in [-0.05, 0) is 12.1 Å². The van der Waals surface area contributed by atoms with Gasteiger partial charge >= 0.3 is 18.4 Å². The summed E-state index contributed by atoms with van der Waals surface area (Å²) in [6.45, 7) is -0.291. The number of ether oxygens (including phenoxy) is 2. The van der Waals surface area contributed by atoms with Crippen molar-refractivity contribution in [2.75, 3.05) is 6.61 Å². The molecule has 1 fully saturated rings. The van der Waals surface area contributed by atoms with E-state index in [1.165, 1.54) is 12.3 Å². The van der Waals surface area contributed by atoms with Gasteiger partial charge in [-0.2, -0.15) is 18.4 Å². The van der Waals surface area contributed by atoms with Crippen molar-refractivity contribution in [3.05, 3.63) is 41.4 Å². The molecule has 1 aliphatic rings. The van der Waals surface area contributed by atoms with Crippen molar-refractivity contribution >= 4 is 12.2 Å². The molecule has 29 heavy (non-hydrogen) atoms. The van der Waals surface area contributed by atoms with E-state index in [0.717, 1.165) is 6.07 Å². The zero-order chi connectivity index (χ0) is 21.2. The van der Waals surface area contributed by atoms with Crippen molar-refractivity contribution in [2.24, 2.45) is 0 Å². The van der Waals surface area contributed by atoms with Crippen LogP contribution < -0.4 is 4.74 Å². The van der Waals surface area contributed by atoms with Crippen LogP contribution in [0.4, 0.5) is 22.8 Å². The van der Waals surface area contributed by atoms with Crippen molar-refractivity contribution in [1.29, 1.82) is 5.26 Å². The second kappa shape index (κ2) is 7.66. The Morgan fingerprint density at radius 1 is 1.45 bits per heavy atom. The van der Waals surface area contributed by atoms with Gasteiger partial charge in [-0.3, -0.25) is 0 Å². The van der Waals surface area contributed by atoms with Gasteiger partial charge in [-0.1, -0.05) is 5.16 Å². The minimum Gasteiger partial charge on any atom is -0.465 e. The molecule has 0 bridgehead atoms. The second-order valence-corrected chi connectivity index (χ2v) is 5.80. The summed E-state index contributed by atoms with van der Waals surface area (Å²) in [6.07, 6.45) is -7.64. The second-order valence-electron chi connectivity index (χ2n) is 5.80. The molecule has 1 N–H and O–H groups in total. The Labute approximate surface area is 160 Å². The van der Waals surface area contributed by atoms with Crippen LogP contribution in [0.5, 0.6) is 5.88 Å². The number of halogens is 3. The van der Waals surface area contributed by atoms with Crippen molar-refractivity contribution in [2.45, 2.75) is 24.7 Å². The third-order valence-electron chi connectivity index (χ3n) is 3.95. The number of carboxylic acid groups (broad SMARTS) is 1. The average molecular weight is 412 g/mol. The van der Waals surface area contributed by atoms with Crippen LogP contribution in [0.15, 0.2) is 28.9 Å². The number of aromatic nitrogens is 2. The number of hydrogen-bond acceptors (Lipinski definition) is 8. The number of rotatable bonds is 5. The molecular weight excluding hydrogens is 401 g/mol. The summed E-state index contributed by atoms with van der Waals surface area (Å²) in [4.78, 5) is 26.6. The first-order valence-corrected chi connectivity index (χ1v) is 7.95. The number of imide groups is 1. The van der Waals surface area contributed by atoms with E-state index in [1.54, 1.807) is 6.07 Å². The fourth-order valence-corrected chi connectivity index (χ4v) is 2.64. The largest absolute Gasteiger partial charge is 0.465 e. The summed E-state index contributed by atoms with van der Waals surface area (Å²) in [6, 6.07) is 3.53. The molecule has 1 saturated heterocycles. The molecule has 0 saturated carbocycles. The third-order valence-corrected chi connectivity index (χ3v) is 3.95. The highest BCUT2D eigenvalue weighted by Gasteiger charge is 2.41. The first-order chi connectivity index (χ1) is 13.7. The highest BCUT2D eigenvalue weighted by Crippen LogP contribution is 2.33. The fourth-order valence-electron chi connectivity index (χ4n) is 2.64. The van der Waals surface area contributed by atoms with E-state index < -0.39 is 42.1 Å². The number of cyclic esters (lactones) is 1. The van der Waals surface area contributed by atoms with Gasteiger partial charge in [0.15, 0.2) is 11.9 Å². The number of nitrogens with zero attached hydrogens (tertiary/aromatic N) is 4. The third kappa shape index (κ3) is 4.21. The molecule has 2 atom stereocenters. The van der Waals surface area contributed by atoms with Gasteiger partial charge < -0.3 is 19.1 Å². The van der Waals surface area contributed by atoms with Crippen molar-refractivity contribution in [3.63, 3.8) is 0 Å². The number of nitriles is 1. The maximum Gasteiger partial charge on any atom is 0.433 e. The standard InChI is InChI=1S/C16H11F3N4O6/c17-16(18,19)12-2-1-8(6-20)13(22-12)28-11(10-3-4-21-29-10)5-9-7-27-15(26)23(9)14(24)25/h1-4,9,11H,5,7H2,(H,24,25)/t9-,11?/m0/s1. The molecule has 152 valence electrons. The molecule has 2 amide bonds. The molecule has 2 aromatic rings. The first-order valence-electron chi connectivity index (χ1n) is 7.95. The molecule has 0 spiro atoms. The van der Waals surface area contributed by atoms with Gasteiger partial charge in [0.25, 0.3) is 0 Å². The molecule has 1 unspecified atom stereocenters. The summed E-state index contributed by atoms with van der Waals surface area (Å²) in [5, 5.41) is 21.8. The number of carbonyl (C=O) groups is 2. The van der Waals surface area contributed by atoms with Crippen LogP contribution in [0, 0.1) is 11.3 Å². The molecule has 13 heteroatoms. The van der Waals surface area contributed by atoms with Crippen LogP contribution in [0.1, 0.15) is 29.5 Å². The van der Waals surface area contributed by atoms with E-state index in [1.807, 2.05) is 0 Å². The van der Waals surface area contributed by atoms with E-state index in [2.05, 4.69) is 10.1 Å². The Morgan fingerprint density at radius 2 is 2.21 bits per heavy atom. The fraction of sp³-hybridized carbons (Fsp3) is 0.312. The first kappa shape index (κ1) is 19.9. The van der Waals surface area contributed by atoms with Gasteiger partial charge in [0, 0.05) is 12.5 Å². The van der Waals surface area contributed by atoms with Gasteiger partial charge in [-0.15, -0.1) is 0 Å². The summed E-state index contributed by atoms with van der Waals surface area (Å²) < 4.78 is 54.1. The van der Waals surface area contributed by atoms with E-state index in [-0.39, 0.29) is 24.4 Å². The number of alkyl halides is 3. The van der Waals surface area contributed by atoms with Crippen LogP contribution in [-0.4, -0.2) is 45.0 Å². The number of amides is 2. The SMILES string of the molecule is N#Cc1ccc(C(F)(F)F)nc1OC(C[C@H]1COC(=O)N1C(=O)O)c1ccno1. The minimum atomic E-state index is -4.78. The van der Waals surface area contributed by atoms with Crippen molar-refractivity contribution in [1.82, 2.24) is 15.0 Å². The molecule has 3 rings (SSSR count). The molecule has 10 nitrogen and oxygen atoms in total. The molecule has 0 radical (unpaired) electrons. The zero-order valence-electron chi connectivity index (χ0n) is 14.3. The Kier molecular flexibility index (Phi) is 5.26. The topological polar surface area (TPSA) is 139 Å². The normalized spacial score (nSPS) is 17.5. The Balaban J connectivity index is 1.93. The summed E-state index contributed by atoms with van der Waals surface area (Å²) in [5.74, 6) is -0.603. The number of hydrogen-bond donors (Lipinski definition) is 1. The predicted molar refractivity (Wildman–Crippen MR) is 83.4 cm³/mol. The Hall–Kier alpha value is -3.82. The lowest BCUT2D eigenvalue weighted by Gasteiger charge is -2.22. The quantitative estimate of drug-likeness (QED) is 0.785. The van der Waals surface area contributed by atoms with Crippen LogP contribution in [0.3, 0.4) is 0 Å². The zero-order valence-corrected chi connectivity index (χ0v) is 14.3. The average Bonchev–Trinajstić information content (AvgIpc) is 3.30. The van der Waals surface area contributed by atoms with Gasteiger partial charge in [0.05, 0.1) is 12.2 Å². The summed E-state index contributed by atoms with van der Waals surface area (Å²) in [5.41, 5.74) is -1.56. The van der Waals surface area contributed by atoms with Crippen LogP contribution in [0.2, 0.25) is 0 Å². The monoisotopic (exact) mass is 412 g/mol. The maximum atomic E-state index is 13.0. The molecule has 0 aromatic carbocycles. The van der Waals surface area contributed by atoms with Crippen LogP contribution in [-0.2, 0) is 10.9 Å². The van der Waals surface area contributed by atoms with Crippen molar-refractivity contribution in [3.8, 4) is 11.9 Å². The molecule has 2 aromatic heterocycles. The Bertz CT molecular complexity index is 957. The number of pyridine rings is 1. The highest BCUT2D eigenvalue weighted by molar-refractivity contribution is 5.88. The van der Waals surface area contributed by atoms with E-state index in [0.29, 0.717) is 11.0 Å². The molecule has 1 aliphatic heterocycles. The molecular formula is C16H11F3N4O6. The van der Waals surface area contributed by atoms with Crippen molar-refractivity contribution < 1.29 is 41.9 Å². The summed E-state index contributed by atoms with van der Waals surface area (Å²) in [7, 11) is 0. The number of carbonyl (C=O) groups excluding carboxylic acids is 1. The predicted octanol–water partition coefficient (Wildman–Crippen LogP) is 2.97. The Morgan fingerprint density at radius 3 is 2.79 bits per heavy atom. The summed E-state index contributed by atoms with van der Waals surface area (Å²) >= 11 is 0.